The van der Waals surface area contributed by atoms with Crippen molar-refractivity contribution in [1.82, 2.24) is 0 Å². The molecule has 8 N–H and O–H groups in total. The molecule has 0 aliphatic heterocycles. The minimum absolute atomic E-state index is 0.112. The lowest BCUT2D eigenvalue weighted by Gasteiger charge is -2.15. The van der Waals surface area contributed by atoms with Crippen LogP contribution in [0.5, 0.6) is 0 Å². The highest BCUT2D eigenvalue weighted by Crippen LogP contribution is 2.19. The molecular formula is C27H39Cl2N3O5. The van der Waals surface area contributed by atoms with Gasteiger partial charge in [0.25, 0.3) is 0 Å². The number of carboxylic acids is 2. The van der Waals surface area contributed by atoms with Crippen molar-refractivity contribution in [2.75, 3.05) is 6.54 Å². The number of hydrogen-bond acceptors (Lipinski definition) is 6. The van der Waals surface area contributed by atoms with Gasteiger partial charge < -0.3 is 27.4 Å². The standard InChI is InChI=1S/C8H8O2.C7H4Cl2O.C6H14N2O2.C6H13N/c9-8(10)6-7-4-2-1-3-5-7;8-6-2-1-5(4-10)7(9)3-6;7-4-2-1-3-5(8)6(9)10;7-6-4-2-1-3-5-6/h1-5H,6H2,(H,9,10);1-4H;5H,1-4,7-8H2,(H,9,10);6H,1-5,7H2. The van der Waals surface area contributed by atoms with E-state index in [1.165, 1.54) is 38.2 Å². The molecule has 0 spiro atoms. The second-order valence-electron chi connectivity index (χ2n) is 8.47. The normalized spacial score (nSPS) is 13.3. The van der Waals surface area contributed by atoms with Crippen molar-refractivity contribution in [1.29, 1.82) is 0 Å². The van der Waals surface area contributed by atoms with Crippen LogP contribution >= 0.6 is 23.2 Å². The van der Waals surface area contributed by atoms with Crippen LogP contribution in [0.2, 0.25) is 10.0 Å². The van der Waals surface area contributed by atoms with Gasteiger partial charge in [-0.15, -0.1) is 0 Å². The van der Waals surface area contributed by atoms with Crippen LogP contribution in [0, 0.1) is 0 Å². The lowest BCUT2D eigenvalue weighted by Crippen LogP contribution is -2.29. The van der Waals surface area contributed by atoms with Crippen LogP contribution < -0.4 is 17.2 Å². The fourth-order valence-corrected chi connectivity index (χ4v) is 3.59. The first-order valence-corrected chi connectivity index (χ1v) is 13.0. The number of benzene rings is 2. The highest BCUT2D eigenvalue weighted by atomic mass is 35.5. The zero-order chi connectivity index (χ0) is 28.1. The average molecular weight is 557 g/mol. The fourth-order valence-electron chi connectivity index (χ4n) is 3.13. The van der Waals surface area contributed by atoms with E-state index >= 15 is 0 Å². The van der Waals surface area contributed by atoms with E-state index in [1.54, 1.807) is 24.3 Å². The van der Waals surface area contributed by atoms with E-state index < -0.39 is 18.0 Å². The first kappa shape index (κ1) is 34.5. The van der Waals surface area contributed by atoms with E-state index in [-0.39, 0.29) is 6.42 Å². The number of rotatable bonds is 8. The number of unbranched alkanes of at least 4 members (excludes halogenated alkanes) is 1. The third-order valence-electron chi connectivity index (χ3n) is 5.22. The Morgan fingerprint density at radius 2 is 1.62 bits per heavy atom. The minimum atomic E-state index is -0.933. The van der Waals surface area contributed by atoms with Gasteiger partial charge in [-0.1, -0.05) is 79.2 Å². The molecule has 0 heterocycles. The maximum absolute atomic E-state index is 10.2. The average Bonchev–Trinajstić information content (AvgIpc) is 2.86. The molecule has 1 unspecified atom stereocenters. The Balaban J connectivity index is 0.000000471. The second-order valence-corrected chi connectivity index (χ2v) is 9.31. The number of aliphatic carboxylic acids is 2. The van der Waals surface area contributed by atoms with Gasteiger partial charge in [0, 0.05) is 16.6 Å². The van der Waals surface area contributed by atoms with E-state index in [2.05, 4.69) is 0 Å². The van der Waals surface area contributed by atoms with E-state index in [4.69, 9.17) is 50.6 Å². The number of aldehydes is 1. The third-order valence-corrected chi connectivity index (χ3v) is 5.79. The van der Waals surface area contributed by atoms with E-state index in [9.17, 15) is 14.4 Å². The van der Waals surface area contributed by atoms with Gasteiger partial charge in [-0.3, -0.25) is 14.4 Å². The Labute approximate surface area is 229 Å². The minimum Gasteiger partial charge on any atom is -0.481 e. The predicted molar refractivity (Wildman–Crippen MR) is 149 cm³/mol. The molecule has 1 aliphatic rings. The molecule has 0 amide bonds. The Morgan fingerprint density at radius 1 is 1.00 bits per heavy atom. The summed E-state index contributed by atoms with van der Waals surface area (Å²) in [5.74, 6) is -1.72. The Morgan fingerprint density at radius 3 is 2.05 bits per heavy atom. The zero-order valence-electron chi connectivity index (χ0n) is 21.0. The van der Waals surface area contributed by atoms with Crippen molar-refractivity contribution in [3.63, 3.8) is 0 Å². The highest BCUT2D eigenvalue weighted by Gasteiger charge is 2.09. The summed E-state index contributed by atoms with van der Waals surface area (Å²) in [6, 6.07) is 13.7. The van der Waals surface area contributed by atoms with Gasteiger partial charge in [0.1, 0.15) is 6.04 Å². The molecule has 8 nitrogen and oxygen atoms in total. The zero-order valence-corrected chi connectivity index (χ0v) is 22.5. The molecule has 2 aromatic rings. The van der Waals surface area contributed by atoms with Crippen LogP contribution in [0.15, 0.2) is 48.5 Å². The van der Waals surface area contributed by atoms with Gasteiger partial charge >= 0.3 is 11.9 Å². The Hall–Kier alpha value is -2.49. The molecule has 206 valence electrons. The van der Waals surface area contributed by atoms with Crippen molar-refractivity contribution in [3.05, 3.63) is 69.7 Å². The number of nitrogens with two attached hydrogens (primary N) is 3. The van der Waals surface area contributed by atoms with Crippen molar-refractivity contribution in [2.24, 2.45) is 17.2 Å². The van der Waals surface area contributed by atoms with Gasteiger partial charge in [-0.2, -0.15) is 0 Å². The lowest BCUT2D eigenvalue weighted by molar-refractivity contribution is -0.139. The molecule has 3 rings (SSSR count). The monoisotopic (exact) mass is 555 g/mol. The van der Waals surface area contributed by atoms with Gasteiger partial charge in [0.15, 0.2) is 6.29 Å². The third kappa shape index (κ3) is 19.3. The van der Waals surface area contributed by atoms with Crippen molar-refractivity contribution in [2.45, 2.75) is 69.9 Å². The molecule has 0 radical (unpaired) electrons. The first-order chi connectivity index (χ1) is 17.6. The smallest absolute Gasteiger partial charge is 0.320 e. The van der Waals surface area contributed by atoms with Gasteiger partial charge in [-0.25, -0.2) is 0 Å². The van der Waals surface area contributed by atoms with Crippen LogP contribution in [0.1, 0.15) is 67.3 Å². The number of hydrogen-bond donors (Lipinski definition) is 5. The topological polar surface area (TPSA) is 170 Å². The van der Waals surface area contributed by atoms with Crippen molar-refractivity contribution >= 4 is 41.4 Å². The molecule has 37 heavy (non-hydrogen) atoms. The molecule has 0 aromatic heterocycles. The number of halogens is 2. The highest BCUT2D eigenvalue weighted by molar-refractivity contribution is 6.36. The van der Waals surface area contributed by atoms with Gasteiger partial charge in [0.05, 0.1) is 11.4 Å². The Kier molecular flexibility index (Phi) is 20.1. The summed E-state index contributed by atoms with van der Waals surface area (Å²) in [6.07, 6.45) is 9.63. The lowest BCUT2D eigenvalue weighted by atomic mass is 9.97. The van der Waals surface area contributed by atoms with Crippen LogP contribution in [-0.4, -0.2) is 47.1 Å². The van der Waals surface area contributed by atoms with E-state index in [0.29, 0.717) is 40.9 Å². The predicted octanol–water partition coefficient (Wildman–Crippen LogP) is 4.92. The Bertz CT molecular complexity index is 910. The molecule has 0 saturated heterocycles. The van der Waals surface area contributed by atoms with Crippen LogP contribution in [0.4, 0.5) is 0 Å². The van der Waals surface area contributed by atoms with Crippen LogP contribution in [0.25, 0.3) is 0 Å². The summed E-state index contributed by atoms with van der Waals surface area (Å²) >= 11 is 11.2. The van der Waals surface area contributed by atoms with Crippen LogP contribution in [0.3, 0.4) is 0 Å². The second kappa shape index (κ2) is 21.6. The maximum atomic E-state index is 10.2. The van der Waals surface area contributed by atoms with Gasteiger partial charge in [0.2, 0.25) is 0 Å². The summed E-state index contributed by atoms with van der Waals surface area (Å²) in [7, 11) is 0. The van der Waals surface area contributed by atoms with Crippen molar-refractivity contribution in [3.8, 4) is 0 Å². The molecule has 1 aliphatic carbocycles. The van der Waals surface area contributed by atoms with E-state index in [0.717, 1.165) is 18.4 Å². The SMILES string of the molecule is NC1CCCCC1.NCCCCC(N)C(=O)O.O=C(O)Cc1ccccc1.O=Cc1ccc(Cl)cc1Cl. The summed E-state index contributed by atoms with van der Waals surface area (Å²) in [5, 5.41) is 17.6. The molecule has 2 aromatic carbocycles. The van der Waals surface area contributed by atoms with Crippen LogP contribution in [-0.2, 0) is 16.0 Å². The molecule has 1 fully saturated rings. The quantitative estimate of drug-likeness (QED) is 0.225. The summed E-state index contributed by atoms with van der Waals surface area (Å²) in [4.78, 5) is 30.5. The number of carbonyl (C=O) groups excluding carboxylic acids is 1. The van der Waals surface area contributed by atoms with Gasteiger partial charge in [-0.05, 0) is 56.0 Å². The molecule has 1 atom stereocenters. The van der Waals surface area contributed by atoms with Crippen molar-refractivity contribution < 1.29 is 24.6 Å². The molecular weight excluding hydrogens is 517 g/mol. The largest absolute Gasteiger partial charge is 0.481 e. The fraction of sp³-hybridized carbons (Fsp3) is 0.444. The summed E-state index contributed by atoms with van der Waals surface area (Å²) < 4.78 is 0. The first-order valence-electron chi connectivity index (χ1n) is 12.2. The number of carboxylic acid groups (broad SMARTS) is 2. The van der Waals surface area contributed by atoms with E-state index in [1.807, 2.05) is 18.2 Å². The molecule has 1 saturated carbocycles. The summed E-state index contributed by atoms with van der Waals surface area (Å²) in [6.45, 7) is 0.604. The molecule has 10 heteroatoms. The summed E-state index contributed by atoms with van der Waals surface area (Å²) in [5.41, 5.74) is 17.4. The number of carbonyl (C=O) groups is 3. The molecule has 0 bridgehead atoms. The maximum Gasteiger partial charge on any atom is 0.320 e.